The van der Waals surface area contributed by atoms with E-state index in [0.717, 1.165) is 25.0 Å². The maximum atomic E-state index is 6.18. The molecule has 0 spiro atoms. The number of likely N-dealkylation sites (tertiary alicyclic amines) is 1. The first-order valence-electron chi connectivity index (χ1n) is 7.25. The Morgan fingerprint density at radius 3 is 2.71 bits per heavy atom. The summed E-state index contributed by atoms with van der Waals surface area (Å²) in [6.07, 6.45) is 8.20. The molecule has 2 N–H and O–H groups in total. The largest absolute Gasteiger partial charge is 0.370 e. The summed E-state index contributed by atoms with van der Waals surface area (Å²) in [6, 6.07) is 0.688. The minimum atomic E-state index is 0.598. The van der Waals surface area contributed by atoms with Crippen LogP contribution in [0.4, 0.5) is 0 Å². The van der Waals surface area contributed by atoms with Crippen LogP contribution < -0.4 is 5.73 Å². The molecule has 0 aromatic rings. The number of rotatable bonds is 2. The summed E-state index contributed by atoms with van der Waals surface area (Å²) < 4.78 is 0. The van der Waals surface area contributed by atoms with E-state index in [9.17, 15) is 0 Å². The number of hydrogen-bond donors (Lipinski definition) is 1. The number of nitrogens with two attached hydrogens (primary N) is 1. The van der Waals surface area contributed by atoms with Gasteiger partial charge in [-0.05, 0) is 37.5 Å². The van der Waals surface area contributed by atoms with Gasteiger partial charge >= 0.3 is 0 Å². The third-order valence-electron chi connectivity index (χ3n) is 4.16. The Kier molecular flexibility index (Phi) is 4.30. The monoisotopic (exact) mass is 237 g/mol. The van der Waals surface area contributed by atoms with Crippen molar-refractivity contribution in [2.45, 2.75) is 58.4 Å². The van der Waals surface area contributed by atoms with E-state index < -0.39 is 0 Å². The molecule has 1 aliphatic heterocycles. The van der Waals surface area contributed by atoms with E-state index in [1.54, 1.807) is 0 Å². The Labute approximate surface area is 105 Å². The zero-order valence-corrected chi connectivity index (χ0v) is 11.4. The smallest absolute Gasteiger partial charge is 0.191 e. The molecule has 2 rings (SSSR count). The lowest BCUT2D eigenvalue weighted by atomic mass is 9.78. The zero-order chi connectivity index (χ0) is 12.3. The topological polar surface area (TPSA) is 41.6 Å². The fraction of sp³-hybridized carbons (Fsp3) is 0.929. The van der Waals surface area contributed by atoms with Gasteiger partial charge in [0.15, 0.2) is 5.96 Å². The Balaban J connectivity index is 2.00. The highest BCUT2D eigenvalue weighted by molar-refractivity contribution is 5.78. The first kappa shape index (κ1) is 12.7. The lowest BCUT2D eigenvalue weighted by molar-refractivity contribution is 0.118. The van der Waals surface area contributed by atoms with Crippen LogP contribution in [0.25, 0.3) is 0 Å². The second-order valence-corrected chi connectivity index (χ2v) is 6.04. The molecule has 0 aromatic carbocycles. The van der Waals surface area contributed by atoms with Crippen LogP contribution in [0.1, 0.15) is 52.4 Å². The molecule has 17 heavy (non-hydrogen) atoms. The molecular formula is C14H27N3. The highest BCUT2D eigenvalue weighted by Crippen LogP contribution is 2.34. The van der Waals surface area contributed by atoms with Crippen molar-refractivity contribution in [2.75, 3.05) is 13.1 Å². The molecule has 2 atom stereocenters. The van der Waals surface area contributed by atoms with Gasteiger partial charge in [0.2, 0.25) is 0 Å². The van der Waals surface area contributed by atoms with E-state index in [1.165, 1.54) is 38.5 Å². The lowest BCUT2D eigenvalue weighted by Crippen LogP contribution is -2.52. The van der Waals surface area contributed by atoms with Crippen molar-refractivity contribution in [3.05, 3.63) is 0 Å². The van der Waals surface area contributed by atoms with E-state index in [1.807, 2.05) is 0 Å². The average Bonchev–Trinajstić information content (AvgIpc) is 2.35. The molecule has 0 radical (unpaired) electrons. The Bertz CT molecular complexity index is 271. The summed E-state index contributed by atoms with van der Waals surface area (Å²) in [7, 11) is 0. The molecule has 1 heterocycles. The highest BCUT2D eigenvalue weighted by Gasteiger charge is 2.33. The zero-order valence-electron chi connectivity index (χ0n) is 11.4. The predicted molar refractivity (Wildman–Crippen MR) is 73.0 cm³/mol. The third-order valence-corrected chi connectivity index (χ3v) is 4.16. The van der Waals surface area contributed by atoms with E-state index in [2.05, 4.69) is 23.7 Å². The molecule has 0 bridgehead atoms. The number of aliphatic imine (C=N–C) groups is 1. The van der Waals surface area contributed by atoms with E-state index in [-0.39, 0.29) is 0 Å². The SMILES string of the molecule is CC(C)CN=C(N)N1CCC[C@H]2CCCC[C@H]21. The van der Waals surface area contributed by atoms with Crippen LogP contribution >= 0.6 is 0 Å². The molecular weight excluding hydrogens is 210 g/mol. The van der Waals surface area contributed by atoms with Crippen LogP contribution in [0.5, 0.6) is 0 Å². The minimum Gasteiger partial charge on any atom is -0.370 e. The molecule has 2 aliphatic rings. The van der Waals surface area contributed by atoms with Gasteiger partial charge in [-0.3, -0.25) is 4.99 Å². The van der Waals surface area contributed by atoms with Crippen molar-refractivity contribution < 1.29 is 0 Å². The molecule has 3 nitrogen and oxygen atoms in total. The first-order valence-corrected chi connectivity index (χ1v) is 7.25. The molecule has 0 unspecified atom stereocenters. The molecule has 2 fully saturated rings. The number of piperidine rings is 1. The van der Waals surface area contributed by atoms with Crippen LogP contribution in [0.15, 0.2) is 4.99 Å². The van der Waals surface area contributed by atoms with Crippen molar-refractivity contribution in [2.24, 2.45) is 22.6 Å². The number of guanidine groups is 1. The van der Waals surface area contributed by atoms with Gasteiger partial charge in [-0.2, -0.15) is 0 Å². The second-order valence-electron chi connectivity index (χ2n) is 6.04. The number of nitrogens with zero attached hydrogens (tertiary/aromatic N) is 2. The molecule has 1 saturated heterocycles. The number of hydrogen-bond acceptors (Lipinski definition) is 1. The van der Waals surface area contributed by atoms with Crippen LogP contribution in [0.3, 0.4) is 0 Å². The summed E-state index contributed by atoms with van der Waals surface area (Å²) in [6.45, 7) is 6.36. The predicted octanol–water partition coefficient (Wildman–Crippen LogP) is 2.61. The van der Waals surface area contributed by atoms with Crippen molar-refractivity contribution in [3.8, 4) is 0 Å². The van der Waals surface area contributed by atoms with Gasteiger partial charge in [-0.15, -0.1) is 0 Å². The van der Waals surface area contributed by atoms with Gasteiger partial charge in [0.1, 0.15) is 0 Å². The fourth-order valence-corrected chi connectivity index (χ4v) is 3.28. The first-order chi connectivity index (χ1) is 8.18. The average molecular weight is 237 g/mol. The molecule has 0 aromatic heterocycles. The van der Waals surface area contributed by atoms with Crippen LogP contribution in [-0.4, -0.2) is 30.0 Å². The van der Waals surface area contributed by atoms with Crippen molar-refractivity contribution in [3.63, 3.8) is 0 Å². The second kappa shape index (κ2) is 5.74. The Morgan fingerprint density at radius 1 is 1.24 bits per heavy atom. The van der Waals surface area contributed by atoms with Crippen LogP contribution in [0, 0.1) is 11.8 Å². The highest BCUT2D eigenvalue weighted by atomic mass is 15.3. The van der Waals surface area contributed by atoms with Gasteiger partial charge in [-0.25, -0.2) is 0 Å². The summed E-state index contributed by atoms with van der Waals surface area (Å²) in [5.74, 6) is 2.28. The van der Waals surface area contributed by atoms with Gasteiger partial charge in [0.05, 0.1) is 0 Å². The van der Waals surface area contributed by atoms with Gasteiger partial charge < -0.3 is 10.6 Å². The Hall–Kier alpha value is -0.730. The van der Waals surface area contributed by atoms with Gasteiger partial charge in [0.25, 0.3) is 0 Å². The summed E-state index contributed by atoms with van der Waals surface area (Å²) >= 11 is 0. The van der Waals surface area contributed by atoms with Crippen LogP contribution in [-0.2, 0) is 0 Å². The number of fused-ring (bicyclic) bond motifs is 1. The summed E-state index contributed by atoms with van der Waals surface area (Å²) in [4.78, 5) is 6.96. The molecule has 98 valence electrons. The minimum absolute atomic E-state index is 0.598. The van der Waals surface area contributed by atoms with Crippen molar-refractivity contribution in [1.82, 2.24) is 4.90 Å². The van der Waals surface area contributed by atoms with Crippen molar-refractivity contribution >= 4 is 5.96 Å². The molecule has 1 aliphatic carbocycles. The standard InChI is InChI=1S/C14H27N3/c1-11(2)10-16-14(15)17-9-5-7-12-6-3-4-8-13(12)17/h11-13H,3-10H2,1-2H3,(H2,15,16)/t12-,13-/m1/s1. The maximum absolute atomic E-state index is 6.18. The molecule has 1 saturated carbocycles. The third kappa shape index (κ3) is 3.14. The van der Waals surface area contributed by atoms with E-state index >= 15 is 0 Å². The quantitative estimate of drug-likeness (QED) is 0.592. The van der Waals surface area contributed by atoms with E-state index in [0.29, 0.717) is 12.0 Å². The van der Waals surface area contributed by atoms with Crippen LogP contribution in [0.2, 0.25) is 0 Å². The maximum Gasteiger partial charge on any atom is 0.191 e. The van der Waals surface area contributed by atoms with Crippen molar-refractivity contribution in [1.29, 1.82) is 0 Å². The van der Waals surface area contributed by atoms with Gasteiger partial charge in [-0.1, -0.05) is 26.7 Å². The lowest BCUT2D eigenvalue weighted by Gasteiger charge is -2.44. The summed E-state index contributed by atoms with van der Waals surface area (Å²) in [5, 5.41) is 0. The molecule has 0 amide bonds. The summed E-state index contributed by atoms with van der Waals surface area (Å²) in [5.41, 5.74) is 6.18. The van der Waals surface area contributed by atoms with Gasteiger partial charge in [0, 0.05) is 19.1 Å². The Morgan fingerprint density at radius 2 is 1.94 bits per heavy atom. The normalized spacial score (nSPS) is 30.5. The van der Waals surface area contributed by atoms with E-state index in [4.69, 9.17) is 5.73 Å². The molecule has 3 heteroatoms. The fourth-order valence-electron chi connectivity index (χ4n) is 3.28.